The van der Waals surface area contributed by atoms with E-state index in [-0.39, 0.29) is 37.3 Å². The molecular weight excluding hydrogens is 331 g/mol. The van der Waals surface area contributed by atoms with Crippen LogP contribution in [-0.2, 0) is 4.74 Å². The third-order valence-electron chi connectivity index (χ3n) is 3.79. The first-order chi connectivity index (χ1) is 11.2. The summed E-state index contributed by atoms with van der Waals surface area (Å²) in [5.74, 6) is -0.779. The second-order valence-corrected chi connectivity index (χ2v) is 5.27. The average molecular weight is 347 g/mol. The van der Waals surface area contributed by atoms with Gasteiger partial charge in [0.05, 0.1) is 23.3 Å². The number of carbonyl (C=O) groups is 1. The fourth-order valence-electron chi connectivity index (χ4n) is 2.58. The molecule has 0 bridgehead atoms. The van der Waals surface area contributed by atoms with E-state index >= 15 is 0 Å². The monoisotopic (exact) mass is 347 g/mol. The minimum atomic E-state index is -4.35. The molecule has 0 spiro atoms. The molecule has 1 heterocycles. The molecule has 24 heavy (non-hydrogen) atoms. The third kappa shape index (κ3) is 3.94. The van der Waals surface area contributed by atoms with Crippen LogP contribution in [-0.4, -0.2) is 49.9 Å². The molecule has 0 saturated carbocycles. The van der Waals surface area contributed by atoms with Gasteiger partial charge in [-0.1, -0.05) is 0 Å². The summed E-state index contributed by atoms with van der Waals surface area (Å²) in [4.78, 5) is 23.7. The minimum Gasteiger partial charge on any atom is -0.465 e. The summed E-state index contributed by atoms with van der Waals surface area (Å²) in [5.41, 5.74) is -0.0190. The largest absolute Gasteiger partial charge is 0.465 e. The second kappa shape index (κ2) is 7.04. The number of halogens is 3. The predicted molar refractivity (Wildman–Crippen MR) is 79.1 cm³/mol. The van der Waals surface area contributed by atoms with Crippen LogP contribution in [0.15, 0.2) is 18.2 Å². The highest BCUT2D eigenvalue weighted by Crippen LogP contribution is 2.29. The lowest BCUT2D eigenvalue weighted by atomic mass is 10.1. The quantitative estimate of drug-likeness (QED) is 0.512. The van der Waals surface area contributed by atoms with Crippen LogP contribution in [0.25, 0.3) is 0 Å². The van der Waals surface area contributed by atoms with Gasteiger partial charge >= 0.3 is 12.1 Å². The maximum atomic E-state index is 12.8. The number of methoxy groups -OCH3 is 1. The summed E-state index contributed by atoms with van der Waals surface area (Å²) in [6, 6.07) is 2.02. The third-order valence-corrected chi connectivity index (χ3v) is 3.79. The number of ether oxygens (including phenoxy) is 1. The fraction of sp³-hybridized carbons (Fsp3) is 0.500. The normalized spacial score (nSPS) is 18.8. The first-order valence-electron chi connectivity index (χ1n) is 7.16. The van der Waals surface area contributed by atoms with Gasteiger partial charge in [0, 0.05) is 31.8 Å². The summed E-state index contributed by atoms with van der Waals surface area (Å²) in [5, 5.41) is 13.3. The van der Waals surface area contributed by atoms with Gasteiger partial charge in [-0.25, -0.2) is 4.79 Å². The summed E-state index contributed by atoms with van der Waals surface area (Å²) >= 11 is 0. The smallest absolute Gasteiger partial charge is 0.403 e. The highest BCUT2D eigenvalue weighted by Gasteiger charge is 2.40. The predicted octanol–water partition coefficient (Wildman–Crippen LogP) is 2.11. The number of non-ortho nitro benzene ring substituents is 1. The van der Waals surface area contributed by atoms with Crippen molar-refractivity contribution < 1.29 is 27.6 Å². The Labute approximate surface area is 135 Å². The Hall–Kier alpha value is -2.36. The Morgan fingerprint density at radius 3 is 2.71 bits per heavy atom. The second-order valence-electron chi connectivity index (χ2n) is 5.27. The molecule has 10 heteroatoms. The molecule has 1 N–H and O–H groups in total. The van der Waals surface area contributed by atoms with E-state index in [0.717, 1.165) is 13.2 Å². The van der Waals surface area contributed by atoms with Crippen molar-refractivity contribution in [2.75, 3.05) is 31.6 Å². The number of nitro groups is 1. The van der Waals surface area contributed by atoms with E-state index in [4.69, 9.17) is 0 Å². The van der Waals surface area contributed by atoms with Gasteiger partial charge in [-0.3, -0.25) is 10.1 Å². The lowest BCUT2D eigenvalue weighted by Crippen LogP contribution is -2.42. The van der Waals surface area contributed by atoms with E-state index in [2.05, 4.69) is 10.1 Å². The summed E-state index contributed by atoms with van der Waals surface area (Å²) in [6.45, 7) is 0.356. The molecular formula is C14H16F3N3O4. The van der Waals surface area contributed by atoms with Crippen molar-refractivity contribution in [3.05, 3.63) is 33.9 Å². The summed E-state index contributed by atoms with van der Waals surface area (Å²) in [7, 11) is 1.13. The number of nitrogens with zero attached hydrogens (tertiary/aromatic N) is 2. The number of esters is 1. The number of carbonyl (C=O) groups excluding carboxylic acids is 1. The average Bonchev–Trinajstić information content (AvgIpc) is 2.79. The molecule has 1 atom stereocenters. The minimum absolute atomic E-state index is 0.0443. The van der Waals surface area contributed by atoms with Gasteiger partial charge in [-0.15, -0.1) is 0 Å². The number of nitro benzene ring substituents is 1. The molecule has 1 aromatic rings. The van der Waals surface area contributed by atoms with Gasteiger partial charge in [0.1, 0.15) is 6.04 Å². The Morgan fingerprint density at radius 2 is 2.12 bits per heavy atom. The van der Waals surface area contributed by atoms with Crippen LogP contribution < -0.4 is 10.2 Å². The van der Waals surface area contributed by atoms with Crippen molar-refractivity contribution >= 4 is 17.3 Å². The van der Waals surface area contributed by atoms with E-state index in [1.54, 1.807) is 4.90 Å². The molecule has 1 saturated heterocycles. The standard InChI is InChI=1S/C14H16F3N3O4/c1-24-13(21)10-8-9(20(22)23)2-3-11(10)19-6-4-12(14(15,16)17)18-5-7-19/h2-3,8,12,18H,4-7H2,1H3. The van der Waals surface area contributed by atoms with Crippen LogP contribution in [0.4, 0.5) is 24.5 Å². The Balaban J connectivity index is 2.30. The van der Waals surface area contributed by atoms with Gasteiger partial charge in [0.2, 0.25) is 0 Å². The number of rotatable bonds is 3. The Morgan fingerprint density at radius 1 is 1.42 bits per heavy atom. The number of alkyl halides is 3. The molecule has 1 aromatic carbocycles. The SMILES string of the molecule is COC(=O)c1cc([N+](=O)[O-])ccc1N1CCNC(C(F)(F)F)CC1. The number of hydrogen-bond acceptors (Lipinski definition) is 6. The number of anilines is 1. The van der Waals surface area contributed by atoms with E-state index < -0.39 is 23.1 Å². The van der Waals surface area contributed by atoms with Crippen LogP contribution >= 0.6 is 0 Å². The number of benzene rings is 1. The first kappa shape index (κ1) is 18.0. The topological polar surface area (TPSA) is 84.7 Å². The Bertz CT molecular complexity index is 636. The lowest BCUT2D eigenvalue weighted by molar-refractivity contribution is -0.384. The highest BCUT2D eigenvalue weighted by atomic mass is 19.4. The highest BCUT2D eigenvalue weighted by molar-refractivity contribution is 5.96. The molecule has 2 rings (SSSR count). The first-order valence-corrected chi connectivity index (χ1v) is 7.16. The van der Waals surface area contributed by atoms with Gasteiger partial charge in [0.15, 0.2) is 0 Å². The van der Waals surface area contributed by atoms with Gasteiger partial charge in [-0.05, 0) is 12.5 Å². The van der Waals surface area contributed by atoms with Gasteiger partial charge in [0.25, 0.3) is 5.69 Å². The van der Waals surface area contributed by atoms with Crippen molar-refractivity contribution in [1.29, 1.82) is 0 Å². The molecule has 1 aliphatic heterocycles. The molecule has 0 aromatic heterocycles. The molecule has 1 unspecified atom stereocenters. The van der Waals surface area contributed by atoms with Crippen molar-refractivity contribution in [2.24, 2.45) is 0 Å². The summed E-state index contributed by atoms with van der Waals surface area (Å²) < 4.78 is 43.1. The van der Waals surface area contributed by atoms with Crippen LogP contribution in [0.1, 0.15) is 16.8 Å². The zero-order chi connectivity index (χ0) is 17.9. The van der Waals surface area contributed by atoms with Crippen molar-refractivity contribution in [2.45, 2.75) is 18.6 Å². The van der Waals surface area contributed by atoms with Crippen LogP contribution in [0.5, 0.6) is 0 Å². The molecule has 7 nitrogen and oxygen atoms in total. The van der Waals surface area contributed by atoms with E-state index in [1.165, 1.54) is 12.1 Å². The van der Waals surface area contributed by atoms with Crippen LogP contribution in [0.2, 0.25) is 0 Å². The number of hydrogen-bond donors (Lipinski definition) is 1. The van der Waals surface area contributed by atoms with E-state index in [1.807, 2.05) is 0 Å². The lowest BCUT2D eigenvalue weighted by Gasteiger charge is -2.24. The van der Waals surface area contributed by atoms with E-state index in [9.17, 15) is 28.1 Å². The summed E-state index contributed by atoms with van der Waals surface area (Å²) in [6.07, 6.45) is -4.54. The zero-order valence-corrected chi connectivity index (χ0v) is 12.8. The number of nitrogens with one attached hydrogen (secondary N) is 1. The van der Waals surface area contributed by atoms with Crippen molar-refractivity contribution in [3.63, 3.8) is 0 Å². The van der Waals surface area contributed by atoms with Gasteiger partial charge in [-0.2, -0.15) is 13.2 Å². The van der Waals surface area contributed by atoms with Gasteiger partial charge < -0.3 is 15.0 Å². The molecule has 1 aliphatic rings. The molecule has 0 radical (unpaired) electrons. The fourth-order valence-corrected chi connectivity index (χ4v) is 2.58. The van der Waals surface area contributed by atoms with Crippen LogP contribution in [0, 0.1) is 10.1 Å². The maximum absolute atomic E-state index is 12.8. The zero-order valence-electron chi connectivity index (χ0n) is 12.8. The molecule has 132 valence electrons. The van der Waals surface area contributed by atoms with Crippen LogP contribution in [0.3, 0.4) is 0 Å². The van der Waals surface area contributed by atoms with Crippen molar-refractivity contribution in [1.82, 2.24) is 5.32 Å². The van der Waals surface area contributed by atoms with Crippen molar-refractivity contribution in [3.8, 4) is 0 Å². The molecule has 1 fully saturated rings. The maximum Gasteiger partial charge on any atom is 0.403 e. The molecule has 0 aliphatic carbocycles. The molecule has 0 amide bonds. The van der Waals surface area contributed by atoms with E-state index in [0.29, 0.717) is 5.69 Å². The Kier molecular flexibility index (Phi) is 5.27.